The zero-order valence-corrected chi connectivity index (χ0v) is 12.2. The Bertz CT molecular complexity index is 309. The second-order valence-corrected chi connectivity index (χ2v) is 11.3. The fraction of sp³-hybridized carbons (Fsp3) is 0.714. The van der Waals surface area contributed by atoms with E-state index >= 15 is 0 Å². The van der Waals surface area contributed by atoms with Crippen molar-refractivity contribution >= 4 is 8.07 Å². The molecule has 2 rings (SSSR count). The first-order chi connectivity index (χ1) is 8.17. The molecule has 0 bridgehead atoms. The lowest BCUT2D eigenvalue weighted by atomic mass is 10.3. The van der Waals surface area contributed by atoms with Gasteiger partial charge in [-0.15, -0.1) is 0 Å². The van der Waals surface area contributed by atoms with E-state index in [1.807, 2.05) is 0 Å². The summed E-state index contributed by atoms with van der Waals surface area (Å²) < 4.78 is 5.72. The number of hydrogen-bond acceptors (Lipinski definition) is 2. The average Bonchev–Trinajstić information content (AvgIpc) is 2.40. The Kier molecular flexibility index (Phi) is 4.32. The molecule has 0 amide bonds. The molecule has 0 atom stereocenters. The Hall–Kier alpha value is -0.703. The highest BCUT2D eigenvalue weighted by Gasteiger charge is 2.22. The van der Waals surface area contributed by atoms with Gasteiger partial charge < -0.3 is 9.64 Å². The summed E-state index contributed by atoms with van der Waals surface area (Å²) in [5.41, 5.74) is 0. The first-order valence-electron chi connectivity index (χ1n) is 6.92. The molecule has 0 N–H and O–H groups in total. The van der Waals surface area contributed by atoms with Gasteiger partial charge in [-0.1, -0.05) is 37.7 Å². The van der Waals surface area contributed by atoms with E-state index in [9.17, 15) is 0 Å². The van der Waals surface area contributed by atoms with Crippen molar-refractivity contribution in [1.82, 2.24) is 4.90 Å². The standard InChI is InChI=1S/C14H25NOSi/c1-17(2)12-6-4-9-15(10-7-13-17)14-8-3-5-11-16-14/h3,5,8H,4,6-7,9-13H2,1-2H3. The maximum absolute atomic E-state index is 5.72. The second-order valence-electron chi connectivity index (χ2n) is 5.96. The first-order valence-corrected chi connectivity index (χ1v) is 10.3. The molecule has 2 nitrogen and oxygen atoms in total. The minimum atomic E-state index is -0.885. The summed E-state index contributed by atoms with van der Waals surface area (Å²) in [6.07, 6.45) is 10.4. The van der Waals surface area contributed by atoms with E-state index in [-0.39, 0.29) is 0 Å². The summed E-state index contributed by atoms with van der Waals surface area (Å²) in [5, 5.41) is 0. The number of ether oxygens (including phenoxy) is 1. The predicted octanol–water partition coefficient (Wildman–Crippen LogP) is 3.61. The first kappa shape index (κ1) is 12.7. The van der Waals surface area contributed by atoms with Gasteiger partial charge in [0.25, 0.3) is 0 Å². The minimum Gasteiger partial charge on any atom is -0.475 e. The molecule has 17 heavy (non-hydrogen) atoms. The van der Waals surface area contributed by atoms with E-state index < -0.39 is 8.07 Å². The highest BCUT2D eigenvalue weighted by molar-refractivity contribution is 6.77. The van der Waals surface area contributed by atoms with Gasteiger partial charge >= 0.3 is 0 Å². The molecule has 0 aromatic heterocycles. The van der Waals surface area contributed by atoms with Crippen LogP contribution in [0, 0.1) is 0 Å². The summed E-state index contributed by atoms with van der Waals surface area (Å²) in [6, 6.07) is 2.97. The van der Waals surface area contributed by atoms with Crippen LogP contribution in [0.2, 0.25) is 25.2 Å². The molecule has 0 aliphatic carbocycles. The summed E-state index contributed by atoms with van der Waals surface area (Å²) in [5.74, 6) is 1.09. The lowest BCUT2D eigenvalue weighted by molar-refractivity contribution is 0.126. The molecular weight excluding hydrogens is 226 g/mol. The highest BCUT2D eigenvalue weighted by Crippen LogP contribution is 2.24. The molecule has 3 heteroatoms. The van der Waals surface area contributed by atoms with Crippen molar-refractivity contribution in [1.29, 1.82) is 0 Å². The lowest BCUT2D eigenvalue weighted by Crippen LogP contribution is -2.28. The van der Waals surface area contributed by atoms with Gasteiger partial charge in [0.2, 0.25) is 0 Å². The van der Waals surface area contributed by atoms with Crippen LogP contribution < -0.4 is 0 Å². The smallest absolute Gasteiger partial charge is 0.189 e. The summed E-state index contributed by atoms with van der Waals surface area (Å²) in [4.78, 5) is 2.44. The van der Waals surface area contributed by atoms with Crippen molar-refractivity contribution in [3.63, 3.8) is 0 Å². The van der Waals surface area contributed by atoms with E-state index in [0.29, 0.717) is 0 Å². The van der Waals surface area contributed by atoms with Crippen molar-refractivity contribution in [2.45, 2.75) is 44.4 Å². The quantitative estimate of drug-likeness (QED) is 0.660. The van der Waals surface area contributed by atoms with E-state index in [1.165, 1.54) is 44.4 Å². The van der Waals surface area contributed by atoms with E-state index in [1.54, 1.807) is 0 Å². The zero-order chi connectivity index (χ0) is 12.1. The Morgan fingerprint density at radius 1 is 1.12 bits per heavy atom. The normalized spacial score (nSPS) is 25.3. The second kappa shape index (κ2) is 5.76. The largest absolute Gasteiger partial charge is 0.475 e. The zero-order valence-electron chi connectivity index (χ0n) is 11.2. The topological polar surface area (TPSA) is 12.5 Å². The van der Waals surface area contributed by atoms with Gasteiger partial charge in [0.05, 0.1) is 0 Å². The molecule has 96 valence electrons. The lowest BCUT2D eigenvalue weighted by Gasteiger charge is -2.27. The van der Waals surface area contributed by atoms with Crippen molar-refractivity contribution in [2.24, 2.45) is 0 Å². The summed E-state index contributed by atoms with van der Waals surface area (Å²) >= 11 is 0. The molecule has 1 fully saturated rings. The number of rotatable bonds is 1. The molecule has 1 saturated heterocycles. The van der Waals surface area contributed by atoms with Crippen molar-refractivity contribution in [2.75, 3.05) is 19.7 Å². The van der Waals surface area contributed by atoms with E-state index in [0.717, 1.165) is 12.5 Å². The van der Waals surface area contributed by atoms with Gasteiger partial charge in [0.1, 0.15) is 6.61 Å². The van der Waals surface area contributed by atoms with Crippen LogP contribution >= 0.6 is 0 Å². The van der Waals surface area contributed by atoms with Crippen molar-refractivity contribution in [3.8, 4) is 0 Å². The van der Waals surface area contributed by atoms with Gasteiger partial charge in [-0.25, -0.2) is 0 Å². The molecule has 0 radical (unpaired) electrons. The third-order valence-corrected chi connectivity index (χ3v) is 7.24. The van der Waals surface area contributed by atoms with Crippen LogP contribution in [0.25, 0.3) is 0 Å². The van der Waals surface area contributed by atoms with Crippen LogP contribution in [0.4, 0.5) is 0 Å². The van der Waals surface area contributed by atoms with Gasteiger partial charge in [-0.2, -0.15) is 0 Å². The van der Waals surface area contributed by atoms with Crippen LogP contribution in [0.3, 0.4) is 0 Å². The van der Waals surface area contributed by atoms with Gasteiger partial charge in [-0.3, -0.25) is 0 Å². The Labute approximate surface area is 106 Å². The Morgan fingerprint density at radius 2 is 1.88 bits per heavy atom. The molecule has 2 heterocycles. The average molecular weight is 251 g/mol. The van der Waals surface area contributed by atoms with Crippen molar-refractivity contribution in [3.05, 3.63) is 24.1 Å². The summed E-state index contributed by atoms with van der Waals surface area (Å²) in [7, 11) is -0.885. The molecule has 2 aliphatic heterocycles. The number of allylic oxidation sites excluding steroid dienone is 2. The maximum Gasteiger partial charge on any atom is 0.189 e. The Balaban J connectivity index is 1.95. The van der Waals surface area contributed by atoms with Crippen LogP contribution in [-0.4, -0.2) is 32.7 Å². The van der Waals surface area contributed by atoms with Crippen LogP contribution in [-0.2, 0) is 4.74 Å². The Morgan fingerprint density at radius 3 is 2.65 bits per heavy atom. The maximum atomic E-state index is 5.72. The van der Waals surface area contributed by atoms with Crippen LogP contribution in [0.5, 0.6) is 0 Å². The molecule has 0 aromatic rings. The van der Waals surface area contributed by atoms with Crippen LogP contribution in [0.1, 0.15) is 19.3 Å². The van der Waals surface area contributed by atoms with Gasteiger partial charge in [-0.05, 0) is 25.0 Å². The monoisotopic (exact) mass is 251 g/mol. The van der Waals surface area contributed by atoms with Gasteiger partial charge in [0, 0.05) is 21.2 Å². The minimum absolute atomic E-state index is 0.739. The fourth-order valence-corrected chi connectivity index (χ4v) is 5.27. The molecule has 0 spiro atoms. The molecule has 0 saturated carbocycles. The van der Waals surface area contributed by atoms with Crippen LogP contribution in [0.15, 0.2) is 24.1 Å². The third-order valence-electron chi connectivity index (χ3n) is 3.83. The molecule has 0 aromatic carbocycles. The molecule has 0 unspecified atom stereocenters. The predicted molar refractivity (Wildman–Crippen MR) is 75.7 cm³/mol. The molecule has 2 aliphatic rings. The SMILES string of the molecule is C[Si]1(C)CCCCN(C2=CC=CCO2)CCC1. The molecular formula is C14H25NOSi. The number of nitrogens with zero attached hydrogens (tertiary/aromatic N) is 1. The van der Waals surface area contributed by atoms with Gasteiger partial charge in [0.15, 0.2) is 5.88 Å². The van der Waals surface area contributed by atoms with E-state index in [2.05, 4.69) is 36.2 Å². The van der Waals surface area contributed by atoms with E-state index in [4.69, 9.17) is 4.74 Å². The third kappa shape index (κ3) is 3.91. The summed E-state index contributed by atoms with van der Waals surface area (Å²) in [6.45, 7) is 8.17. The van der Waals surface area contributed by atoms with Crippen molar-refractivity contribution < 1.29 is 4.74 Å². The number of hydrogen-bond donors (Lipinski definition) is 0. The fourth-order valence-electron chi connectivity index (χ4n) is 2.70. The highest BCUT2D eigenvalue weighted by atomic mass is 28.3.